The van der Waals surface area contributed by atoms with E-state index in [4.69, 9.17) is 22.6 Å². The Hall–Kier alpha value is -2.25. The van der Waals surface area contributed by atoms with E-state index in [1.165, 1.54) is 12.5 Å². The lowest BCUT2D eigenvalue weighted by atomic mass is 9.82. The summed E-state index contributed by atoms with van der Waals surface area (Å²) >= 11 is 0. The monoisotopic (exact) mass is 318 g/mol. The van der Waals surface area contributed by atoms with E-state index >= 15 is 0 Å². The molecule has 5 atom stereocenters. The Kier molecular flexibility index (Phi) is 3.69. The summed E-state index contributed by atoms with van der Waals surface area (Å²) in [6.07, 6.45) is 6.14. The first-order chi connectivity index (χ1) is 10.9. The molecule has 2 aromatic rings. The Labute approximate surface area is 132 Å². The molecule has 23 heavy (non-hydrogen) atoms. The smallest absolute Gasteiger partial charge is 0.222 e. The third-order valence-electron chi connectivity index (χ3n) is 4.21. The van der Waals surface area contributed by atoms with E-state index in [0.717, 1.165) is 0 Å². The van der Waals surface area contributed by atoms with Crippen molar-refractivity contribution in [3.63, 3.8) is 0 Å². The number of imidazole rings is 1. The predicted octanol–water partition coefficient (Wildman–Crippen LogP) is -1.37. The van der Waals surface area contributed by atoms with Crippen LogP contribution in [-0.2, 0) is 4.74 Å². The number of aliphatic hydroxyl groups excluding tert-OH is 2. The molecular formula is C14H18N6O3. The van der Waals surface area contributed by atoms with Crippen molar-refractivity contribution in [1.82, 2.24) is 19.5 Å². The molecule has 9 nitrogen and oxygen atoms in total. The highest BCUT2D eigenvalue weighted by molar-refractivity contribution is 5.70. The molecule has 2 aromatic heterocycles. The Morgan fingerprint density at radius 3 is 2.91 bits per heavy atom. The Morgan fingerprint density at radius 2 is 2.30 bits per heavy atom. The minimum atomic E-state index is -1.34. The molecule has 0 spiro atoms. The molecule has 0 saturated carbocycles. The minimum absolute atomic E-state index is 0.0753. The topological polar surface area (TPSA) is 145 Å². The summed E-state index contributed by atoms with van der Waals surface area (Å²) < 4.78 is 7.42. The van der Waals surface area contributed by atoms with Gasteiger partial charge in [0.15, 0.2) is 11.9 Å². The minimum Gasteiger partial charge on any atom is -0.396 e. The van der Waals surface area contributed by atoms with Gasteiger partial charge in [-0.2, -0.15) is 4.98 Å². The van der Waals surface area contributed by atoms with E-state index in [2.05, 4.69) is 20.9 Å². The average molecular weight is 318 g/mol. The number of nitrogens with two attached hydrogens (primary N) is 2. The van der Waals surface area contributed by atoms with Crippen molar-refractivity contribution in [3.05, 3.63) is 12.5 Å². The number of ether oxygens (including phenoxy) is 1. The van der Waals surface area contributed by atoms with Gasteiger partial charge in [-0.25, -0.2) is 9.97 Å². The summed E-state index contributed by atoms with van der Waals surface area (Å²) in [6, 6.07) is 0. The van der Waals surface area contributed by atoms with Crippen molar-refractivity contribution in [2.75, 3.05) is 12.3 Å². The second kappa shape index (κ2) is 5.43. The first kappa shape index (κ1) is 15.6. The van der Waals surface area contributed by atoms with Gasteiger partial charge in [0.25, 0.3) is 0 Å². The van der Waals surface area contributed by atoms with Crippen molar-refractivity contribution in [2.45, 2.75) is 30.9 Å². The number of hydrogen-bond acceptors (Lipinski definition) is 8. The number of aromatic nitrogens is 4. The summed E-state index contributed by atoms with van der Waals surface area (Å²) in [7, 11) is 0. The van der Waals surface area contributed by atoms with E-state index < -0.39 is 29.9 Å². The molecule has 1 aliphatic heterocycles. The number of anilines is 1. The summed E-state index contributed by atoms with van der Waals surface area (Å²) in [5.74, 6) is 1.93. The van der Waals surface area contributed by atoms with Crippen molar-refractivity contribution in [2.24, 2.45) is 11.7 Å². The largest absolute Gasteiger partial charge is 0.396 e. The third-order valence-corrected chi connectivity index (χ3v) is 4.21. The maximum atomic E-state index is 9.92. The van der Waals surface area contributed by atoms with Gasteiger partial charge in [-0.3, -0.25) is 4.57 Å². The highest BCUT2D eigenvalue weighted by Gasteiger charge is 2.55. The van der Waals surface area contributed by atoms with Crippen LogP contribution in [-0.4, -0.2) is 54.1 Å². The molecule has 0 radical (unpaired) electrons. The number of hydrogen-bond donors (Lipinski definition) is 4. The number of fused-ring (bicyclic) bond motifs is 1. The quantitative estimate of drug-likeness (QED) is 0.507. The maximum Gasteiger partial charge on any atom is 0.222 e. The molecule has 0 amide bonds. The van der Waals surface area contributed by atoms with Crippen LogP contribution >= 0.6 is 0 Å². The summed E-state index contributed by atoms with van der Waals surface area (Å²) in [5, 5.41) is 19.6. The first-order valence-electron chi connectivity index (χ1n) is 7.08. The van der Waals surface area contributed by atoms with Gasteiger partial charge in [-0.1, -0.05) is 5.92 Å². The number of rotatable bonds is 3. The van der Waals surface area contributed by atoms with Crippen LogP contribution in [0.5, 0.6) is 0 Å². The Balaban J connectivity index is 2.13. The van der Waals surface area contributed by atoms with Crippen molar-refractivity contribution < 1.29 is 14.9 Å². The highest BCUT2D eigenvalue weighted by Crippen LogP contribution is 2.42. The van der Waals surface area contributed by atoms with Crippen molar-refractivity contribution >= 4 is 17.1 Å². The lowest BCUT2D eigenvalue weighted by molar-refractivity contribution is -0.0676. The number of terminal acetylenes is 1. The van der Waals surface area contributed by atoms with Gasteiger partial charge in [-0.05, 0) is 6.92 Å². The highest BCUT2D eigenvalue weighted by atomic mass is 16.5. The van der Waals surface area contributed by atoms with E-state index in [-0.39, 0.29) is 12.6 Å². The molecule has 1 fully saturated rings. The van der Waals surface area contributed by atoms with Crippen LogP contribution in [0.25, 0.3) is 11.2 Å². The van der Waals surface area contributed by atoms with Crippen LogP contribution in [0.3, 0.4) is 0 Å². The van der Waals surface area contributed by atoms with Crippen LogP contribution in [0.15, 0.2) is 12.5 Å². The molecule has 3 rings (SSSR count). The van der Waals surface area contributed by atoms with Crippen molar-refractivity contribution in [1.29, 1.82) is 0 Å². The second-order valence-corrected chi connectivity index (χ2v) is 5.65. The Bertz CT molecular complexity index is 769. The normalized spacial score (nSPS) is 32.0. The number of aliphatic hydroxyl groups is 2. The van der Waals surface area contributed by atoms with Gasteiger partial charge in [0, 0.05) is 5.92 Å². The van der Waals surface area contributed by atoms with Gasteiger partial charge in [0.05, 0.1) is 31.3 Å². The van der Waals surface area contributed by atoms with Crippen LogP contribution in [0.4, 0.5) is 5.95 Å². The molecule has 0 aliphatic carbocycles. The van der Waals surface area contributed by atoms with Gasteiger partial charge in [0.1, 0.15) is 11.1 Å². The zero-order valence-electron chi connectivity index (χ0n) is 12.5. The molecule has 122 valence electrons. The molecule has 2 unspecified atom stereocenters. The predicted molar refractivity (Wildman–Crippen MR) is 81.7 cm³/mol. The van der Waals surface area contributed by atoms with E-state index in [0.29, 0.717) is 11.2 Å². The fourth-order valence-corrected chi connectivity index (χ4v) is 3.00. The molecule has 1 aliphatic rings. The fraction of sp³-hybridized carbons (Fsp3) is 0.500. The van der Waals surface area contributed by atoms with Crippen LogP contribution in [0, 0.1) is 18.3 Å². The lowest BCUT2D eigenvalue weighted by Crippen LogP contribution is -2.52. The second-order valence-electron chi connectivity index (χ2n) is 5.65. The summed E-state index contributed by atoms with van der Waals surface area (Å²) in [6.45, 7) is 1.23. The van der Waals surface area contributed by atoms with Gasteiger partial charge >= 0.3 is 0 Å². The average Bonchev–Trinajstić information content (AvgIpc) is 3.05. The van der Waals surface area contributed by atoms with Crippen LogP contribution < -0.4 is 11.5 Å². The standard InChI is InChI=1S/C14H18N6O3/c1-3-14(16)8(5-21)10(7(2)22)23-12(14)20-6-18-9-4-17-13(15)19-11(9)20/h1,4,6-8,10,12,21-22H,5,16H2,2H3,(H2,15,17,19)/t7-,8?,10-,12-,14?/m1/s1. The molecule has 3 heterocycles. The third kappa shape index (κ3) is 2.24. The molecule has 9 heteroatoms. The van der Waals surface area contributed by atoms with Gasteiger partial charge in [0.2, 0.25) is 5.95 Å². The first-order valence-corrected chi connectivity index (χ1v) is 7.08. The molecular weight excluding hydrogens is 300 g/mol. The Morgan fingerprint density at radius 1 is 1.57 bits per heavy atom. The number of nitrogen functional groups attached to an aromatic ring is 1. The summed E-state index contributed by atoms with van der Waals surface area (Å²) in [4.78, 5) is 12.2. The SMILES string of the molecule is C#CC1(N)C(CO)[C@@H]([C@@H](C)O)O[C@H]1n1cnc2cnc(N)nc21. The fourth-order valence-electron chi connectivity index (χ4n) is 3.00. The van der Waals surface area contributed by atoms with E-state index in [9.17, 15) is 10.2 Å². The number of nitrogens with zero attached hydrogens (tertiary/aromatic N) is 4. The molecule has 0 bridgehead atoms. The van der Waals surface area contributed by atoms with Gasteiger partial charge in [-0.15, -0.1) is 6.42 Å². The van der Waals surface area contributed by atoms with E-state index in [1.807, 2.05) is 0 Å². The van der Waals surface area contributed by atoms with Gasteiger partial charge < -0.3 is 26.4 Å². The van der Waals surface area contributed by atoms with Crippen LogP contribution in [0.1, 0.15) is 13.2 Å². The zero-order chi connectivity index (χ0) is 16.8. The maximum absolute atomic E-state index is 9.92. The lowest BCUT2D eigenvalue weighted by Gasteiger charge is -2.29. The molecule has 0 aromatic carbocycles. The molecule has 6 N–H and O–H groups in total. The van der Waals surface area contributed by atoms with Crippen LogP contribution in [0.2, 0.25) is 0 Å². The summed E-state index contributed by atoms with van der Waals surface area (Å²) in [5.41, 5.74) is 11.5. The molecule has 1 saturated heterocycles. The van der Waals surface area contributed by atoms with E-state index in [1.54, 1.807) is 11.5 Å². The zero-order valence-corrected chi connectivity index (χ0v) is 12.5. The van der Waals surface area contributed by atoms with Crippen molar-refractivity contribution in [3.8, 4) is 12.3 Å².